The van der Waals surface area contributed by atoms with Gasteiger partial charge in [0.2, 0.25) is 0 Å². The van der Waals surface area contributed by atoms with Gasteiger partial charge >= 0.3 is 0 Å². The fraction of sp³-hybridized carbons (Fsp3) is 0.571. The van der Waals surface area contributed by atoms with Crippen LogP contribution in [0.3, 0.4) is 0 Å². The Balaban J connectivity index is 2.38. The van der Waals surface area contributed by atoms with Crippen LogP contribution in [0.15, 0.2) is 18.2 Å². The standard InChI is InChI=1S/C14H22FN3/c1-10-9-17(3)7-8-18(10)14-12(11(2)16)5-4-6-13(14)15/h4-6,10-11H,7-9,16H2,1-3H3/t10?,11-/m1/s1. The molecule has 1 aromatic carbocycles. The maximum Gasteiger partial charge on any atom is 0.146 e. The maximum absolute atomic E-state index is 14.2. The maximum atomic E-state index is 14.2. The summed E-state index contributed by atoms with van der Waals surface area (Å²) in [6.45, 7) is 6.79. The van der Waals surface area contributed by atoms with Crippen LogP contribution in [-0.2, 0) is 0 Å². The van der Waals surface area contributed by atoms with Crippen LogP contribution in [0.25, 0.3) is 0 Å². The van der Waals surface area contributed by atoms with Crippen LogP contribution in [0.4, 0.5) is 10.1 Å². The van der Waals surface area contributed by atoms with Crippen LogP contribution < -0.4 is 10.6 Å². The van der Waals surface area contributed by atoms with Crippen LogP contribution >= 0.6 is 0 Å². The zero-order valence-corrected chi connectivity index (χ0v) is 11.4. The SMILES string of the molecule is CC1CN(C)CCN1c1c(F)cccc1[C@@H](C)N. The summed E-state index contributed by atoms with van der Waals surface area (Å²) >= 11 is 0. The number of rotatable bonds is 2. The minimum Gasteiger partial charge on any atom is -0.364 e. The van der Waals surface area contributed by atoms with Gasteiger partial charge in [-0.1, -0.05) is 12.1 Å². The molecule has 0 spiro atoms. The first-order valence-corrected chi connectivity index (χ1v) is 6.50. The smallest absolute Gasteiger partial charge is 0.146 e. The number of benzene rings is 1. The lowest BCUT2D eigenvalue weighted by atomic mass is 10.0. The molecule has 2 N–H and O–H groups in total. The Kier molecular flexibility index (Phi) is 3.88. The zero-order chi connectivity index (χ0) is 13.3. The summed E-state index contributed by atoms with van der Waals surface area (Å²) < 4.78 is 14.2. The Morgan fingerprint density at radius 3 is 2.72 bits per heavy atom. The molecule has 2 atom stereocenters. The molecule has 1 aromatic rings. The Bertz CT molecular complexity index is 420. The Morgan fingerprint density at radius 2 is 2.11 bits per heavy atom. The van der Waals surface area contributed by atoms with Gasteiger partial charge in [-0.3, -0.25) is 0 Å². The lowest BCUT2D eigenvalue weighted by Gasteiger charge is -2.41. The lowest BCUT2D eigenvalue weighted by molar-refractivity contribution is 0.274. The minimum atomic E-state index is -0.166. The molecule has 2 rings (SSSR count). The second kappa shape index (κ2) is 5.24. The van der Waals surface area contributed by atoms with Gasteiger partial charge in [-0.05, 0) is 32.5 Å². The van der Waals surface area contributed by atoms with Crippen molar-refractivity contribution in [1.29, 1.82) is 0 Å². The first-order chi connectivity index (χ1) is 8.50. The van der Waals surface area contributed by atoms with Gasteiger partial charge in [-0.15, -0.1) is 0 Å². The van der Waals surface area contributed by atoms with Crippen molar-refractivity contribution in [1.82, 2.24) is 4.90 Å². The van der Waals surface area contributed by atoms with Crippen molar-refractivity contribution in [2.75, 3.05) is 31.6 Å². The van der Waals surface area contributed by atoms with E-state index < -0.39 is 0 Å². The van der Waals surface area contributed by atoms with Crippen LogP contribution in [0, 0.1) is 5.82 Å². The predicted molar refractivity (Wildman–Crippen MR) is 73.3 cm³/mol. The molecule has 1 saturated heterocycles. The Hall–Kier alpha value is -1.13. The molecule has 0 amide bonds. The van der Waals surface area contributed by atoms with Crippen molar-refractivity contribution in [3.8, 4) is 0 Å². The third-order valence-electron chi connectivity index (χ3n) is 3.63. The minimum absolute atomic E-state index is 0.150. The number of nitrogens with zero attached hydrogens (tertiary/aromatic N) is 2. The van der Waals surface area contributed by atoms with Crippen LogP contribution in [0.2, 0.25) is 0 Å². The number of nitrogens with two attached hydrogens (primary N) is 1. The molecule has 3 nitrogen and oxygen atoms in total. The fourth-order valence-corrected chi connectivity index (χ4v) is 2.67. The summed E-state index contributed by atoms with van der Waals surface area (Å²) in [5.74, 6) is -0.166. The van der Waals surface area contributed by atoms with E-state index in [9.17, 15) is 4.39 Å². The van der Waals surface area contributed by atoms with E-state index in [1.54, 1.807) is 6.07 Å². The van der Waals surface area contributed by atoms with E-state index in [1.807, 2.05) is 13.0 Å². The molecule has 1 fully saturated rings. The molecule has 18 heavy (non-hydrogen) atoms. The average Bonchev–Trinajstić information content (AvgIpc) is 2.29. The largest absolute Gasteiger partial charge is 0.364 e. The van der Waals surface area contributed by atoms with Crippen LogP contribution in [0.1, 0.15) is 25.5 Å². The third-order valence-corrected chi connectivity index (χ3v) is 3.63. The van der Waals surface area contributed by atoms with Gasteiger partial charge in [0.05, 0.1) is 5.69 Å². The molecule has 1 heterocycles. The van der Waals surface area contributed by atoms with Gasteiger partial charge in [0.15, 0.2) is 0 Å². The number of hydrogen-bond donors (Lipinski definition) is 1. The average molecular weight is 251 g/mol. The second-order valence-electron chi connectivity index (χ2n) is 5.27. The van der Waals surface area contributed by atoms with Gasteiger partial charge in [-0.2, -0.15) is 0 Å². The van der Waals surface area contributed by atoms with Crippen molar-refractivity contribution < 1.29 is 4.39 Å². The molecule has 1 aliphatic rings. The van der Waals surface area contributed by atoms with Crippen molar-refractivity contribution >= 4 is 5.69 Å². The van der Waals surface area contributed by atoms with E-state index in [0.717, 1.165) is 25.2 Å². The molecular weight excluding hydrogens is 229 g/mol. The molecule has 0 aliphatic carbocycles. The van der Waals surface area contributed by atoms with Crippen molar-refractivity contribution in [2.45, 2.75) is 25.9 Å². The number of piperazine rings is 1. The lowest BCUT2D eigenvalue weighted by Crippen LogP contribution is -2.51. The van der Waals surface area contributed by atoms with Crippen molar-refractivity contribution in [2.24, 2.45) is 5.73 Å². The Morgan fingerprint density at radius 1 is 1.39 bits per heavy atom. The van der Waals surface area contributed by atoms with E-state index >= 15 is 0 Å². The van der Waals surface area contributed by atoms with Gasteiger partial charge < -0.3 is 15.5 Å². The predicted octanol–water partition coefficient (Wildman–Crippen LogP) is 1.99. The highest BCUT2D eigenvalue weighted by Gasteiger charge is 2.26. The first-order valence-electron chi connectivity index (χ1n) is 6.50. The highest BCUT2D eigenvalue weighted by Crippen LogP contribution is 2.30. The van der Waals surface area contributed by atoms with Gasteiger partial charge in [0.1, 0.15) is 5.82 Å². The molecule has 100 valence electrons. The number of halogens is 1. The Labute approximate surface area is 108 Å². The highest BCUT2D eigenvalue weighted by atomic mass is 19.1. The first kappa shape index (κ1) is 13.3. The van der Waals surface area contributed by atoms with E-state index in [1.165, 1.54) is 6.07 Å². The number of hydrogen-bond acceptors (Lipinski definition) is 3. The van der Waals surface area contributed by atoms with E-state index in [-0.39, 0.29) is 11.9 Å². The number of anilines is 1. The van der Waals surface area contributed by atoms with E-state index in [0.29, 0.717) is 11.7 Å². The van der Waals surface area contributed by atoms with E-state index in [2.05, 4.69) is 23.8 Å². The monoisotopic (exact) mass is 251 g/mol. The molecule has 4 heteroatoms. The molecule has 0 saturated carbocycles. The normalized spacial score (nSPS) is 23.2. The quantitative estimate of drug-likeness (QED) is 0.872. The summed E-state index contributed by atoms with van der Waals surface area (Å²) in [5, 5.41) is 0. The van der Waals surface area contributed by atoms with Crippen LogP contribution in [0.5, 0.6) is 0 Å². The van der Waals surface area contributed by atoms with Crippen molar-refractivity contribution in [3.63, 3.8) is 0 Å². The topological polar surface area (TPSA) is 32.5 Å². The van der Waals surface area contributed by atoms with Gasteiger partial charge in [0.25, 0.3) is 0 Å². The fourth-order valence-electron chi connectivity index (χ4n) is 2.67. The molecule has 1 unspecified atom stereocenters. The molecule has 0 bridgehead atoms. The summed E-state index contributed by atoms with van der Waals surface area (Å²) in [4.78, 5) is 4.42. The summed E-state index contributed by atoms with van der Waals surface area (Å²) in [7, 11) is 2.10. The highest BCUT2D eigenvalue weighted by molar-refractivity contribution is 5.57. The van der Waals surface area contributed by atoms with E-state index in [4.69, 9.17) is 5.73 Å². The molecule has 1 aliphatic heterocycles. The summed E-state index contributed by atoms with van der Waals surface area (Å²) in [6.07, 6.45) is 0. The zero-order valence-electron chi connectivity index (χ0n) is 11.4. The van der Waals surface area contributed by atoms with Gasteiger partial charge in [0, 0.05) is 31.7 Å². The second-order valence-corrected chi connectivity index (χ2v) is 5.27. The number of para-hydroxylation sites is 1. The summed E-state index contributed by atoms with van der Waals surface area (Å²) in [6, 6.07) is 5.33. The number of likely N-dealkylation sites (N-methyl/N-ethyl adjacent to an activating group) is 1. The molecular formula is C14H22FN3. The third kappa shape index (κ3) is 2.49. The van der Waals surface area contributed by atoms with Crippen molar-refractivity contribution in [3.05, 3.63) is 29.6 Å². The summed E-state index contributed by atoms with van der Waals surface area (Å²) in [5.41, 5.74) is 7.54. The van der Waals surface area contributed by atoms with Gasteiger partial charge in [-0.25, -0.2) is 4.39 Å². The van der Waals surface area contributed by atoms with Crippen LogP contribution in [-0.4, -0.2) is 37.6 Å². The molecule has 0 aromatic heterocycles. The molecule has 0 radical (unpaired) electrons.